The number of para-hydroxylation sites is 1. The normalized spacial score (nSPS) is 16.1. The van der Waals surface area contributed by atoms with Gasteiger partial charge in [0.15, 0.2) is 0 Å². The Morgan fingerprint density at radius 3 is 2.57 bits per heavy atom. The van der Waals surface area contributed by atoms with Gasteiger partial charge in [-0.2, -0.15) is 0 Å². The van der Waals surface area contributed by atoms with Gasteiger partial charge in [-0.1, -0.05) is 36.7 Å². The second kappa shape index (κ2) is 10.3. The zero-order valence-electron chi connectivity index (χ0n) is 17.0. The minimum absolute atomic E-state index is 0.0987. The van der Waals surface area contributed by atoms with E-state index in [-0.39, 0.29) is 30.2 Å². The number of carbonyl (C=O) groups is 3. The number of likely N-dealkylation sites (tertiary alicyclic amines) is 1. The van der Waals surface area contributed by atoms with Crippen molar-refractivity contribution in [3.05, 3.63) is 64.7 Å². The molecule has 2 N–H and O–H groups in total. The van der Waals surface area contributed by atoms with Gasteiger partial charge < -0.3 is 15.5 Å². The van der Waals surface area contributed by atoms with E-state index in [0.717, 1.165) is 24.1 Å². The summed E-state index contributed by atoms with van der Waals surface area (Å²) in [7, 11) is 0. The summed E-state index contributed by atoms with van der Waals surface area (Å²) in [6.45, 7) is 2.87. The lowest BCUT2D eigenvalue weighted by molar-refractivity contribution is -0.128. The number of halogens is 1. The molecule has 0 saturated carbocycles. The number of benzene rings is 2. The van der Waals surface area contributed by atoms with E-state index < -0.39 is 0 Å². The highest BCUT2D eigenvalue weighted by Gasteiger charge is 2.29. The Morgan fingerprint density at radius 2 is 1.83 bits per heavy atom. The predicted molar refractivity (Wildman–Crippen MR) is 118 cm³/mol. The molecule has 30 heavy (non-hydrogen) atoms. The molecule has 158 valence electrons. The van der Waals surface area contributed by atoms with Gasteiger partial charge in [-0.3, -0.25) is 14.4 Å². The van der Waals surface area contributed by atoms with E-state index in [4.69, 9.17) is 11.6 Å². The summed E-state index contributed by atoms with van der Waals surface area (Å²) in [6, 6.07) is 14.3. The van der Waals surface area contributed by atoms with E-state index in [1.807, 2.05) is 31.2 Å². The molecule has 1 saturated heterocycles. The lowest BCUT2D eigenvalue weighted by Crippen LogP contribution is -2.46. The van der Waals surface area contributed by atoms with Crippen LogP contribution in [0, 0.1) is 5.92 Å². The third kappa shape index (κ3) is 5.60. The van der Waals surface area contributed by atoms with Crippen LogP contribution in [0.1, 0.15) is 35.7 Å². The minimum Gasteiger partial charge on any atom is -0.347 e. The molecule has 0 aliphatic carbocycles. The maximum Gasteiger partial charge on any atom is 0.253 e. The second-order valence-corrected chi connectivity index (χ2v) is 7.81. The molecule has 1 unspecified atom stereocenters. The number of rotatable bonds is 6. The third-order valence-corrected chi connectivity index (χ3v) is 5.52. The Bertz CT molecular complexity index is 914. The number of aryl methyl sites for hydroxylation is 1. The summed E-state index contributed by atoms with van der Waals surface area (Å²) in [5.41, 5.74) is 2.35. The summed E-state index contributed by atoms with van der Waals surface area (Å²) in [5, 5.41) is 6.13. The van der Waals surface area contributed by atoms with Gasteiger partial charge in [-0.15, -0.1) is 0 Å². The van der Waals surface area contributed by atoms with Crippen LogP contribution in [-0.2, 0) is 16.0 Å². The number of hydrogen-bond donors (Lipinski definition) is 2. The molecule has 7 heteroatoms. The van der Waals surface area contributed by atoms with Gasteiger partial charge in [0.25, 0.3) is 5.91 Å². The molecule has 0 aromatic heterocycles. The SMILES string of the molecule is CCc1ccccc1NC(=O)CNC(=O)C1CCCN(C(=O)c2ccc(Cl)cc2)C1. The van der Waals surface area contributed by atoms with Gasteiger partial charge in [0.2, 0.25) is 11.8 Å². The van der Waals surface area contributed by atoms with Crippen LogP contribution >= 0.6 is 11.6 Å². The molecule has 0 radical (unpaired) electrons. The fourth-order valence-corrected chi connectivity index (χ4v) is 3.73. The van der Waals surface area contributed by atoms with Gasteiger partial charge in [-0.05, 0) is 55.2 Å². The molecule has 3 rings (SSSR count). The first-order chi connectivity index (χ1) is 14.5. The van der Waals surface area contributed by atoms with Crippen molar-refractivity contribution in [2.24, 2.45) is 5.92 Å². The molecule has 3 amide bonds. The Kier molecular flexibility index (Phi) is 7.46. The van der Waals surface area contributed by atoms with Crippen LogP contribution in [0.15, 0.2) is 48.5 Å². The summed E-state index contributed by atoms with van der Waals surface area (Å²) in [5.74, 6) is -0.916. The van der Waals surface area contributed by atoms with Crippen LogP contribution in [0.5, 0.6) is 0 Å². The van der Waals surface area contributed by atoms with Crippen molar-refractivity contribution in [2.75, 3.05) is 25.0 Å². The van der Waals surface area contributed by atoms with Crippen LogP contribution in [0.25, 0.3) is 0 Å². The molecule has 6 nitrogen and oxygen atoms in total. The van der Waals surface area contributed by atoms with Crippen molar-refractivity contribution in [3.63, 3.8) is 0 Å². The molecular weight excluding hydrogens is 402 g/mol. The fraction of sp³-hybridized carbons (Fsp3) is 0.348. The Balaban J connectivity index is 1.52. The largest absolute Gasteiger partial charge is 0.347 e. The molecule has 2 aromatic rings. The van der Waals surface area contributed by atoms with Crippen LogP contribution in [-0.4, -0.2) is 42.3 Å². The first-order valence-electron chi connectivity index (χ1n) is 10.2. The summed E-state index contributed by atoms with van der Waals surface area (Å²) in [4.78, 5) is 39.2. The topological polar surface area (TPSA) is 78.5 Å². The van der Waals surface area contributed by atoms with E-state index in [9.17, 15) is 14.4 Å². The average molecular weight is 428 g/mol. The molecular formula is C23H26ClN3O3. The molecule has 1 atom stereocenters. The first kappa shape index (κ1) is 21.8. The van der Waals surface area contributed by atoms with Gasteiger partial charge >= 0.3 is 0 Å². The van der Waals surface area contributed by atoms with Gasteiger partial charge in [0.1, 0.15) is 0 Å². The van der Waals surface area contributed by atoms with E-state index in [0.29, 0.717) is 30.1 Å². The van der Waals surface area contributed by atoms with Gasteiger partial charge in [0, 0.05) is 29.4 Å². The first-order valence-corrected chi connectivity index (χ1v) is 10.6. The number of nitrogens with zero attached hydrogens (tertiary/aromatic N) is 1. The highest BCUT2D eigenvalue weighted by atomic mass is 35.5. The van der Waals surface area contributed by atoms with Crippen LogP contribution in [0.2, 0.25) is 5.02 Å². The zero-order chi connectivity index (χ0) is 21.5. The van der Waals surface area contributed by atoms with Crippen molar-refractivity contribution >= 4 is 35.0 Å². The zero-order valence-corrected chi connectivity index (χ0v) is 17.7. The van der Waals surface area contributed by atoms with Crippen molar-refractivity contribution in [3.8, 4) is 0 Å². The lowest BCUT2D eigenvalue weighted by atomic mass is 9.96. The second-order valence-electron chi connectivity index (χ2n) is 7.37. The number of hydrogen-bond acceptors (Lipinski definition) is 3. The smallest absolute Gasteiger partial charge is 0.253 e. The van der Waals surface area contributed by atoms with Crippen molar-refractivity contribution in [2.45, 2.75) is 26.2 Å². The monoisotopic (exact) mass is 427 g/mol. The Morgan fingerprint density at radius 1 is 1.10 bits per heavy atom. The van der Waals surface area contributed by atoms with Crippen molar-refractivity contribution in [1.29, 1.82) is 0 Å². The van der Waals surface area contributed by atoms with E-state index in [1.54, 1.807) is 29.2 Å². The minimum atomic E-state index is -0.328. The summed E-state index contributed by atoms with van der Waals surface area (Å²) >= 11 is 5.88. The van der Waals surface area contributed by atoms with Crippen molar-refractivity contribution < 1.29 is 14.4 Å². The molecule has 1 heterocycles. The van der Waals surface area contributed by atoms with Crippen LogP contribution < -0.4 is 10.6 Å². The molecule has 1 aliphatic rings. The van der Waals surface area contributed by atoms with Gasteiger partial charge in [0.05, 0.1) is 12.5 Å². The van der Waals surface area contributed by atoms with E-state index in [1.165, 1.54) is 0 Å². The van der Waals surface area contributed by atoms with Crippen molar-refractivity contribution in [1.82, 2.24) is 10.2 Å². The lowest BCUT2D eigenvalue weighted by Gasteiger charge is -2.32. The van der Waals surface area contributed by atoms with Gasteiger partial charge in [-0.25, -0.2) is 0 Å². The average Bonchev–Trinajstić information content (AvgIpc) is 2.78. The maximum absolute atomic E-state index is 12.7. The number of anilines is 1. The quantitative estimate of drug-likeness (QED) is 0.740. The Labute approximate surface area is 181 Å². The predicted octanol–water partition coefficient (Wildman–Crippen LogP) is 3.51. The molecule has 0 bridgehead atoms. The molecule has 1 aliphatic heterocycles. The highest BCUT2D eigenvalue weighted by Crippen LogP contribution is 2.20. The maximum atomic E-state index is 12.7. The number of piperidine rings is 1. The standard InChI is InChI=1S/C23H26ClN3O3/c1-2-16-6-3-4-8-20(16)26-21(28)14-25-22(29)18-7-5-13-27(15-18)23(30)17-9-11-19(24)12-10-17/h3-4,6,8-12,18H,2,5,7,13-15H2,1H3,(H,25,29)(H,26,28). The number of nitrogens with one attached hydrogen (secondary N) is 2. The Hall–Kier alpha value is -2.86. The number of amides is 3. The highest BCUT2D eigenvalue weighted by molar-refractivity contribution is 6.30. The van der Waals surface area contributed by atoms with E-state index >= 15 is 0 Å². The van der Waals surface area contributed by atoms with Crippen LogP contribution in [0.3, 0.4) is 0 Å². The molecule has 0 spiro atoms. The number of carbonyl (C=O) groups excluding carboxylic acids is 3. The molecule has 1 fully saturated rings. The summed E-state index contributed by atoms with van der Waals surface area (Å²) < 4.78 is 0. The van der Waals surface area contributed by atoms with E-state index in [2.05, 4.69) is 10.6 Å². The molecule has 2 aromatic carbocycles. The van der Waals surface area contributed by atoms with Crippen LogP contribution in [0.4, 0.5) is 5.69 Å². The fourth-order valence-electron chi connectivity index (χ4n) is 3.61. The third-order valence-electron chi connectivity index (χ3n) is 5.27. The summed E-state index contributed by atoms with van der Waals surface area (Å²) in [6.07, 6.45) is 2.24.